The number of rotatable bonds is 1. The summed E-state index contributed by atoms with van der Waals surface area (Å²) in [4.78, 5) is 10.4. The quantitative estimate of drug-likeness (QED) is 0.873. The highest BCUT2D eigenvalue weighted by Crippen LogP contribution is 2.35. The molecule has 0 radical (unpaired) electrons. The molecule has 100 valence electrons. The largest absolute Gasteiger partial charge is 0.326 e. The van der Waals surface area contributed by atoms with Gasteiger partial charge in [-0.05, 0) is 30.3 Å². The van der Waals surface area contributed by atoms with E-state index < -0.39 is 0 Å². The normalized spacial score (nSPS) is 16.0. The Morgan fingerprint density at radius 1 is 1.35 bits per heavy atom. The zero-order valence-electron chi connectivity index (χ0n) is 11.0. The van der Waals surface area contributed by atoms with Crippen LogP contribution in [0.5, 0.6) is 0 Å². The molecule has 0 aliphatic carbocycles. The molecule has 0 saturated carbocycles. The standard InChI is InChI=1S/C15H13ClN4/c1-10-19-15(17-2)13-6-5-11(16)8-14(13)20(10)12-4-3-7-18-9-12/h3-9H,1H2,2H3,(H,17,19). The number of nitrogens with zero attached hydrogens (tertiary/aromatic N) is 3. The zero-order valence-corrected chi connectivity index (χ0v) is 11.7. The van der Waals surface area contributed by atoms with Gasteiger partial charge in [-0.15, -0.1) is 0 Å². The van der Waals surface area contributed by atoms with Gasteiger partial charge in [0.25, 0.3) is 0 Å². The number of benzene rings is 1. The molecule has 1 aliphatic heterocycles. The lowest BCUT2D eigenvalue weighted by Crippen LogP contribution is -2.38. The van der Waals surface area contributed by atoms with E-state index >= 15 is 0 Å². The predicted octanol–water partition coefficient (Wildman–Crippen LogP) is 3.32. The molecular weight excluding hydrogens is 272 g/mol. The summed E-state index contributed by atoms with van der Waals surface area (Å²) in [6.45, 7) is 4.06. The first-order valence-corrected chi connectivity index (χ1v) is 6.51. The van der Waals surface area contributed by atoms with E-state index in [1.54, 1.807) is 19.4 Å². The van der Waals surface area contributed by atoms with Gasteiger partial charge in [0.1, 0.15) is 11.7 Å². The number of aliphatic imine (C=N–C) groups is 1. The minimum atomic E-state index is 0.669. The van der Waals surface area contributed by atoms with E-state index in [2.05, 4.69) is 21.9 Å². The van der Waals surface area contributed by atoms with Crippen LogP contribution in [0.25, 0.3) is 0 Å². The number of amidine groups is 1. The van der Waals surface area contributed by atoms with Gasteiger partial charge in [0.15, 0.2) is 0 Å². The summed E-state index contributed by atoms with van der Waals surface area (Å²) in [7, 11) is 1.74. The Balaban J connectivity index is 2.22. The third-order valence-corrected chi connectivity index (χ3v) is 3.35. The van der Waals surface area contributed by atoms with Crippen LogP contribution in [0.2, 0.25) is 5.02 Å². The van der Waals surface area contributed by atoms with Crippen molar-refractivity contribution in [2.45, 2.75) is 0 Å². The number of aromatic nitrogens is 1. The first-order valence-electron chi connectivity index (χ1n) is 6.13. The van der Waals surface area contributed by atoms with Crippen LogP contribution in [0.3, 0.4) is 0 Å². The fraction of sp³-hybridized carbons (Fsp3) is 0.0667. The Hall–Kier alpha value is -2.33. The molecule has 0 amide bonds. The van der Waals surface area contributed by atoms with Gasteiger partial charge in [-0.3, -0.25) is 14.9 Å². The molecule has 1 aromatic heterocycles. The van der Waals surface area contributed by atoms with E-state index in [1.165, 1.54) is 0 Å². The Bertz CT molecular complexity index is 694. The van der Waals surface area contributed by atoms with Crippen LogP contribution >= 0.6 is 11.6 Å². The highest BCUT2D eigenvalue weighted by atomic mass is 35.5. The van der Waals surface area contributed by atoms with Gasteiger partial charge < -0.3 is 5.32 Å². The molecule has 1 aromatic carbocycles. The summed E-state index contributed by atoms with van der Waals surface area (Å²) in [5.74, 6) is 1.50. The minimum absolute atomic E-state index is 0.669. The number of pyridine rings is 1. The SMILES string of the molecule is C=C1NC(=NC)c2ccc(Cl)cc2N1c1cccnc1. The average molecular weight is 285 g/mol. The van der Waals surface area contributed by atoms with Gasteiger partial charge in [-0.25, -0.2) is 0 Å². The van der Waals surface area contributed by atoms with Gasteiger partial charge in [0.2, 0.25) is 0 Å². The highest BCUT2D eigenvalue weighted by Gasteiger charge is 2.25. The number of halogens is 1. The molecule has 0 fully saturated rings. The number of hydrogen-bond acceptors (Lipinski definition) is 3. The van der Waals surface area contributed by atoms with Crippen LogP contribution < -0.4 is 10.2 Å². The topological polar surface area (TPSA) is 40.5 Å². The predicted molar refractivity (Wildman–Crippen MR) is 82.6 cm³/mol. The molecular formula is C15H13ClN4. The summed E-state index contributed by atoms with van der Waals surface area (Å²) < 4.78 is 0. The molecule has 0 spiro atoms. The molecule has 5 heteroatoms. The third-order valence-electron chi connectivity index (χ3n) is 3.12. The lowest BCUT2D eigenvalue weighted by atomic mass is 10.1. The minimum Gasteiger partial charge on any atom is -0.326 e. The number of nitrogens with one attached hydrogen (secondary N) is 1. The number of fused-ring (bicyclic) bond motifs is 1. The fourth-order valence-electron chi connectivity index (χ4n) is 2.25. The molecule has 0 unspecified atom stereocenters. The van der Waals surface area contributed by atoms with E-state index in [4.69, 9.17) is 11.6 Å². The van der Waals surface area contributed by atoms with Gasteiger partial charge >= 0.3 is 0 Å². The number of anilines is 2. The van der Waals surface area contributed by atoms with Crippen LogP contribution in [-0.2, 0) is 0 Å². The van der Waals surface area contributed by atoms with Crippen molar-refractivity contribution < 1.29 is 0 Å². The van der Waals surface area contributed by atoms with E-state index in [9.17, 15) is 0 Å². The average Bonchev–Trinajstić information content (AvgIpc) is 2.47. The molecule has 20 heavy (non-hydrogen) atoms. The van der Waals surface area contributed by atoms with Crippen molar-refractivity contribution >= 4 is 28.8 Å². The van der Waals surface area contributed by atoms with Crippen molar-refractivity contribution in [2.24, 2.45) is 4.99 Å². The molecule has 0 bridgehead atoms. The maximum atomic E-state index is 6.14. The lowest BCUT2D eigenvalue weighted by Gasteiger charge is -2.34. The van der Waals surface area contributed by atoms with Gasteiger partial charge in [0, 0.05) is 23.8 Å². The van der Waals surface area contributed by atoms with Crippen LogP contribution in [0.15, 0.2) is 60.1 Å². The van der Waals surface area contributed by atoms with Crippen molar-refractivity contribution in [2.75, 3.05) is 11.9 Å². The van der Waals surface area contributed by atoms with Crippen molar-refractivity contribution in [3.8, 4) is 0 Å². The smallest absolute Gasteiger partial charge is 0.135 e. The molecule has 1 N–H and O–H groups in total. The van der Waals surface area contributed by atoms with Gasteiger partial charge in [-0.2, -0.15) is 0 Å². The molecule has 1 aliphatic rings. The van der Waals surface area contributed by atoms with E-state index in [0.29, 0.717) is 10.8 Å². The van der Waals surface area contributed by atoms with E-state index in [-0.39, 0.29) is 0 Å². The van der Waals surface area contributed by atoms with Crippen molar-refractivity contribution in [1.82, 2.24) is 10.3 Å². The second-order valence-electron chi connectivity index (χ2n) is 4.35. The van der Waals surface area contributed by atoms with Gasteiger partial charge in [-0.1, -0.05) is 18.2 Å². The fourth-order valence-corrected chi connectivity index (χ4v) is 2.42. The summed E-state index contributed by atoms with van der Waals surface area (Å²) in [5, 5.41) is 3.87. The Morgan fingerprint density at radius 3 is 2.90 bits per heavy atom. The van der Waals surface area contributed by atoms with Crippen molar-refractivity contribution in [3.63, 3.8) is 0 Å². The van der Waals surface area contributed by atoms with Gasteiger partial charge in [0.05, 0.1) is 17.6 Å². The highest BCUT2D eigenvalue weighted by molar-refractivity contribution is 6.31. The Kier molecular flexibility index (Phi) is 3.16. The third kappa shape index (κ3) is 2.04. The van der Waals surface area contributed by atoms with Crippen LogP contribution in [0, 0.1) is 0 Å². The molecule has 2 heterocycles. The van der Waals surface area contributed by atoms with Crippen LogP contribution in [0.1, 0.15) is 5.56 Å². The maximum absolute atomic E-state index is 6.14. The second kappa shape index (κ2) is 4.98. The second-order valence-corrected chi connectivity index (χ2v) is 4.79. The van der Waals surface area contributed by atoms with Crippen LogP contribution in [-0.4, -0.2) is 17.9 Å². The van der Waals surface area contributed by atoms with Crippen molar-refractivity contribution in [1.29, 1.82) is 0 Å². The van der Waals surface area contributed by atoms with E-state index in [1.807, 2.05) is 35.2 Å². The molecule has 4 nitrogen and oxygen atoms in total. The zero-order chi connectivity index (χ0) is 14.1. The monoisotopic (exact) mass is 284 g/mol. The molecule has 0 saturated heterocycles. The number of hydrogen-bond donors (Lipinski definition) is 1. The Labute approximate surface area is 122 Å². The summed E-state index contributed by atoms with van der Waals surface area (Å²) >= 11 is 6.14. The first kappa shape index (κ1) is 12.7. The maximum Gasteiger partial charge on any atom is 0.135 e. The summed E-state index contributed by atoms with van der Waals surface area (Å²) in [6, 6.07) is 9.56. The molecule has 0 atom stereocenters. The van der Waals surface area contributed by atoms with Crippen molar-refractivity contribution in [3.05, 3.63) is 65.7 Å². The lowest BCUT2D eigenvalue weighted by molar-refractivity contribution is 0.985. The molecule has 3 rings (SSSR count). The summed E-state index contributed by atoms with van der Waals surface area (Å²) in [6.07, 6.45) is 3.52. The Morgan fingerprint density at radius 2 is 2.20 bits per heavy atom. The summed E-state index contributed by atoms with van der Waals surface area (Å²) in [5.41, 5.74) is 2.84. The molecule has 2 aromatic rings. The van der Waals surface area contributed by atoms with E-state index in [0.717, 1.165) is 22.8 Å². The van der Waals surface area contributed by atoms with Crippen LogP contribution in [0.4, 0.5) is 11.4 Å². The first-order chi connectivity index (χ1) is 9.70.